The number of thiazole rings is 1. The molecule has 0 saturated heterocycles. The molecule has 120 valence electrons. The van der Waals surface area contributed by atoms with Crippen LogP contribution in [0, 0.1) is 6.92 Å². The van der Waals surface area contributed by atoms with Gasteiger partial charge in [-0.2, -0.15) is 0 Å². The van der Waals surface area contributed by atoms with Crippen LogP contribution in [0.4, 0.5) is 5.69 Å². The second-order valence-electron chi connectivity index (χ2n) is 5.19. The van der Waals surface area contributed by atoms with Gasteiger partial charge in [0.25, 0.3) is 5.91 Å². The van der Waals surface area contributed by atoms with E-state index in [0.717, 1.165) is 4.88 Å². The van der Waals surface area contributed by atoms with Gasteiger partial charge < -0.3 is 19.7 Å². The number of nitrogens with one attached hydrogen (secondary N) is 3. The number of H-pyrrole nitrogens is 2. The zero-order valence-corrected chi connectivity index (χ0v) is 13.4. The van der Waals surface area contributed by atoms with Crippen LogP contribution < -0.4 is 11.0 Å². The maximum absolute atomic E-state index is 12.5. The molecular weight excluding hydrogens is 328 g/mol. The lowest BCUT2D eigenvalue weighted by molar-refractivity contribution is 0.102. The summed E-state index contributed by atoms with van der Waals surface area (Å²) < 4.78 is 5.32. The number of benzene rings is 1. The molecule has 0 aliphatic heterocycles. The summed E-state index contributed by atoms with van der Waals surface area (Å²) in [4.78, 5) is 34.2. The number of nitrogens with zero attached hydrogens (tertiary/aromatic N) is 1. The Hall–Kier alpha value is -3.13. The van der Waals surface area contributed by atoms with Crippen molar-refractivity contribution in [2.24, 2.45) is 0 Å². The molecule has 3 N–H and O–H groups in total. The number of anilines is 1. The summed E-state index contributed by atoms with van der Waals surface area (Å²) in [6.45, 7) is 1.84. The molecule has 0 unspecified atom stereocenters. The molecule has 4 rings (SSSR count). The van der Waals surface area contributed by atoms with E-state index in [9.17, 15) is 9.59 Å². The third-order valence-corrected chi connectivity index (χ3v) is 4.50. The monoisotopic (exact) mass is 340 g/mol. The third-order valence-electron chi connectivity index (χ3n) is 3.52. The molecule has 0 radical (unpaired) electrons. The first-order chi connectivity index (χ1) is 11.6. The van der Waals surface area contributed by atoms with Crippen LogP contribution in [-0.2, 0) is 0 Å². The largest absolute Gasteiger partial charge is 0.462 e. The molecule has 0 fully saturated rings. The standard InChI is InChI=1S/C16H12N4O3S/c1-8-13(20-15(24-8)12-3-2-6-23-12)14(21)17-9-4-5-10-11(7-9)19-16(22)18-10/h2-7H,1H3,(H,17,21)(H2,18,19,22). The predicted octanol–water partition coefficient (Wildman–Crippen LogP) is 3.13. The van der Waals surface area contributed by atoms with Crippen molar-refractivity contribution in [1.82, 2.24) is 15.0 Å². The normalized spacial score (nSPS) is 11.0. The highest BCUT2D eigenvalue weighted by molar-refractivity contribution is 7.15. The van der Waals surface area contributed by atoms with E-state index < -0.39 is 0 Å². The van der Waals surface area contributed by atoms with Crippen molar-refractivity contribution >= 4 is 34.0 Å². The number of rotatable bonds is 3. The molecule has 24 heavy (non-hydrogen) atoms. The minimum Gasteiger partial charge on any atom is -0.462 e. The molecule has 8 heteroatoms. The minimum atomic E-state index is -0.307. The molecule has 4 aromatic rings. The van der Waals surface area contributed by atoms with Gasteiger partial charge in [0.2, 0.25) is 0 Å². The Balaban J connectivity index is 1.62. The number of hydrogen-bond donors (Lipinski definition) is 3. The molecule has 0 aliphatic rings. The van der Waals surface area contributed by atoms with Crippen LogP contribution in [0.3, 0.4) is 0 Å². The zero-order chi connectivity index (χ0) is 16.7. The van der Waals surface area contributed by atoms with Gasteiger partial charge in [0, 0.05) is 10.6 Å². The number of furan rings is 1. The molecule has 1 aromatic carbocycles. The first-order valence-electron chi connectivity index (χ1n) is 7.15. The summed E-state index contributed by atoms with van der Waals surface area (Å²) in [7, 11) is 0. The summed E-state index contributed by atoms with van der Waals surface area (Å²) in [6, 6.07) is 8.72. The lowest BCUT2D eigenvalue weighted by Crippen LogP contribution is -2.13. The first-order valence-corrected chi connectivity index (χ1v) is 7.96. The average Bonchev–Trinajstić information content (AvgIpc) is 3.24. The molecule has 0 aliphatic carbocycles. The van der Waals surface area contributed by atoms with Crippen molar-refractivity contribution in [2.45, 2.75) is 6.92 Å². The predicted molar refractivity (Wildman–Crippen MR) is 91.4 cm³/mol. The summed E-state index contributed by atoms with van der Waals surface area (Å²) in [5, 5.41) is 3.46. The van der Waals surface area contributed by atoms with Gasteiger partial charge in [0.15, 0.2) is 10.8 Å². The Morgan fingerprint density at radius 1 is 1.25 bits per heavy atom. The van der Waals surface area contributed by atoms with Crippen LogP contribution in [0.5, 0.6) is 0 Å². The van der Waals surface area contributed by atoms with E-state index >= 15 is 0 Å². The molecule has 0 atom stereocenters. The second-order valence-corrected chi connectivity index (χ2v) is 6.40. The maximum atomic E-state index is 12.5. The zero-order valence-electron chi connectivity index (χ0n) is 12.5. The van der Waals surface area contributed by atoms with Gasteiger partial charge >= 0.3 is 5.69 Å². The summed E-state index contributed by atoms with van der Waals surface area (Å²) >= 11 is 1.40. The highest BCUT2D eigenvalue weighted by atomic mass is 32.1. The highest BCUT2D eigenvalue weighted by Gasteiger charge is 2.18. The van der Waals surface area contributed by atoms with Crippen molar-refractivity contribution < 1.29 is 9.21 Å². The molecule has 0 bridgehead atoms. The van der Waals surface area contributed by atoms with Crippen LogP contribution in [0.15, 0.2) is 45.8 Å². The van der Waals surface area contributed by atoms with E-state index in [1.165, 1.54) is 11.3 Å². The van der Waals surface area contributed by atoms with Gasteiger partial charge in [-0.05, 0) is 37.3 Å². The van der Waals surface area contributed by atoms with Gasteiger partial charge in [-0.15, -0.1) is 11.3 Å². The van der Waals surface area contributed by atoms with E-state index in [1.54, 1.807) is 36.6 Å². The van der Waals surface area contributed by atoms with Gasteiger partial charge in [-0.25, -0.2) is 9.78 Å². The Bertz CT molecular complexity index is 1090. The number of amides is 1. The molecular formula is C16H12N4O3S. The number of imidazole rings is 1. The van der Waals surface area contributed by atoms with Gasteiger partial charge in [-0.1, -0.05) is 0 Å². The van der Waals surface area contributed by atoms with Crippen LogP contribution in [0.2, 0.25) is 0 Å². The quantitative estimate of drug-likeness (QED) is 0.533. The Kier molecular flexibility index (Phi) is 3.31. The van der Waals surface area contributed by atoms with E-state index in [-0.39, 0.29) is 11.6 Å². The first kappa shape index (κ1) is 14.5. The summed E-state index contributed by atoms with van der Waals surface area (Å²) in [5.74, 6) is 0.326. The van der Waals surface area contributed by atoms with Crippen LogP contribution in [0.25, 0.3) is 21.8 Å². The van der Waals surface area contributed by atoms with E-state index in [0.29, 0.717) is 33.2 Å². The van der Waals surface area contributed by atoms with Crippen molar-refractivity contribution in [2.75, 3.05) is 5.32 Å². The average molecular weight is 340 g/mol. The fraction of sp³-hybridized carbons (Fsp3) is 0.0625. The number of aromatic nitrogens is 3. The van der Waals surface area contributed by atoms with Crippen LogP contribution in [-0.4, -0.2) is 20.9 Å². The van der Waals surface area contributed by atoms with E-state index in [4.69, 9.17) is 4.42 Å². The van der Waals surface area contributed by atoms with Crippen molar-refractivity contribution in [3.63, 3.8) is 0 Å². The maximum Gasteiger partial charge on any atom is 0.323 e. The lowest BCUT2D eigenvalue weighted by Gasteiger charge is -2.03. The van der Waals surface area contributed by atoms with Gasteiger partial charge in [0.05, 0.1) is 17.3 Å². The fourth-order valence-electron chi connectivity index (χ4n) is 2.41. The minimum absolute atomic E-state index is 0.285. The molecule has 3 aromatic heterocycles. The fourth-order valence-corrected chi connectivity index (χ4v) is 3.29. The number of aryl methyl sites for hydroxylation is 1. The number of hydrogen-bond acceptors (Lipinski definition) is 5. The topological polar surface area (TPSA) is 104 Å². The van der Waals surface area contributed by atoms with Crippen molar-refractivity contribution in [1.29, 1.82) is 0 Å². The molecule has 0 saturated carbocycles. The number of aromatic amines is 2. The molecule has 3 heterocycles. The second kappa shape index (κ2) is 5.50. The number of carbonyl (C=O) groups is 1. The van der Waals surface area contributed by atoms with Gasteiger partial charge in [-0.3, -0.25) is 4.79 Å². The number of carbonyl (C=O) groups excluding carboxylic acids is 1. The number of fused-ring (bicyclic) bond motifs is 1. The smallest absolute Gasteiger partial charge is 0.323 e. The van der Waals surface area contributed by atoms with Crippen molar-refractivity contribution in [3.8, 4) is 10.8 Å². The molecule has 7 nitrogen and oxygen atoms in total. The lowest BCUT2D eigenvalue weighted by atomic mass is 10.2. The highest BCUT2D eigenvalue weighted by Crippen LogP contribution is 2.28. The molecule has 0 spiro atoms. The SMILES string of the molecule is Cc1sc(-c2ccco2)nc1C(=O)Nc1ccc2[nH]c(=O)[nH]c2c1. The van der Waals surface area contributed by atoms with Gasteiger partial charge in [0.1, 0.15) is 5.69 Å². The van der Waals surface area contributed by atoms with Crippen LogP contribution in [0.1, 0.15) is 15.4 Å². The Morgan fingerprint density at radius 2 is 2.08 bits per heavy atom. The van der Waals surface area contributed by atoms with E-state index in [1.807, 2.05) is 6.92 Å². The van der Waals surface area contributed by atoms with E-state index in [2.05, 4.69) is 20.3 Å². The van der Waals surface area contributed by atoms with Crippen LogP contribution >= 0.6 is 11.3 Å². The third kappa shape index (κ3) is 2.52. The summed E-state index contributed by atoms with van der Waals surface area (Å²) in [6.07, 6.45) is 1.57. The van der Waals surface area contributed by atoms with Crippen molar-refractivity contribution in [3.05, 3.63) is 57.7 Å². The Morgan fingerprint density at radius 3 is 2.88 bits per heavy atom. The Labute approximate surface area is 139 Å². The molecule has 1 amide bonds. The summed E-state index contributed by atoms with van der Waals surface area (Å²) in [5.41, 5.74) is 1.96.